The normalized spacial score (nSPS) is 13.1. The molecule has 0 amide bonds. The van der Waals surface area contributed by atoms with E-state index in [1.165, 1.54) is 6.92 Å². The van der Waals surface area contributed by atoms with Crippen molar-refractivity contribution < 1.29 is 27.8 Å². The maximum atomic E-state index is 13.6. The van der Waals surface area contributed by atoms with Gasteiger partial charge in [-0.2, -0.15) is 0 Å². The van der Waals surface area contributed by atoms with Crippen LogP contribution in [0.3, 0.4) is 0 Å². The lowest BCUT2D eigenvalue weighted by molar-refractivity contribution is 0.0691. The van der Waals surface area contributed by atoms with E-state index in [-0.39, 0.29) is 17.0 Å². The third-order valence-electron chi connectivity index (χ3n) is 2.86. The standard InChI is InChI=1S/C13H18FNO5S/c1-8-6-10(7-11(12(8)14)13(17)18)21(19,20)15-5-3-4-9(2)16/h6-7,9,15-16H,3-5H2,1-2H3,(H,17,18). The van der Waals surface area contributed by atoms with Crippen molar-refractivity contribution in [2.45, 2.75) is 37.7 Å². The van der Waals surface area contributed by atoms with Crippen LogP contribution in [0.2, 0.25) is 0 Å². The van der Waals surface area contributed by atoms with Crippen LogP contribution >= 0.6 is 0 Å². The van der Waals surface area contributed by atoms with E-state index in [0.717, 1.165) is 12.1 Å². The molecule has 0 radical (unpaired) electrons. The Labute approximate surface area is 122 Å². The Kier molecular flexibility index (Phi) is 5.82. The highest BCUT2D eigenvalue weighted by atomic mass is 32.2. The molecule has 118 valence electrons. The SMILES string of the molecule is Cc1cc(S(=O)(=O)NCCCC(C)O)cc(C(=O)O)c1F. The molecule has 1 rings (SSSR count). The molecule has 0 aromatic heterocycles. The Balaban J connectivity index is 2.96. The van der Waals surface area contributed by atoms with Crippen LogP contribution in [0.25, 0.3) is 0 Å². The lowest BCUT2D eigenvalue weighted by Crippen LogP contribution is -2.26. The van der Waals surface area contributed by atoms with Gasteiger partial charge in [0, 0.05) is 6.54 Å². The first-order valence-electron chi connectivity index (χ1n) is 6.36. The van der Waals surface area contributed by atoms with E-state index in [1.54, 1.807) is 6.92 Å². The summed E-state index contributed by atoms with van der Waals surface area (Å²) in [5.74, 6) is -2.47. The van der Waals surface area contributed by atoms with Gasteiger partial charge in [-0.1, -0.05) is 0 Å². The molecule has 21 heavy (non-hydrogen) atoms. The summed E-state index contributed by atoms with van der Waals surface area (Å²) in [6.07, 6.45) is 0.343. The van der Waals surface area contributed by atoms with E-state index in [0.29, 0.717) is 12.8 Å². The molecule has 0 aliphatic carbocycles. The molecule has 0 saturated heterocycles. The average molecular weight is 319 g/mol. The second kappa shape index (κ2) is 6.97. The van der Waals surface area contributed by atoms with Gasteiger partial charge in [-0.25, -0.2) is 22.3 Å². The molecule has 0 aliphatic rings. The maximum absolute atomic E-state index is 13.6. The second-order valence-corrected chi connectivity index (χ2v) is 6.56. The zero-order chi connectivity index (χ0) is 16.2. The summed E-state index contributed by atoms with van der Waals surface area (Å²) in [4.78, 5) is 10.6. The summed E-state index contributed by atoms with van der Waals surface area (Å²) in [6.45, 7) is 3.00. The van der Waals surface area contributed by atoms with Crippen LogP contribution in [0.15, 0.2) is 17.0 Å². The highest BCUT2D eigenvalue weighted by molar-refractivity contribution is 7.89. The Morgan fingerprint density at radius 2 is 2.05 bits per heavy atom. The number of halogens is 1. The minimum absolute atomic E-state index is 0.0562. The van der Waals surface area contributed by atoms with Crippen molar-refractivity contribution in [2.75, 3.05) is 6.54 Å². The van der Waals surface area contributed by atoms with Crippen LogP contribution < -0.4 is 4.72 Å². The first-order chi connectivity index (χ1) is 9.65. The van der Waals surface area contributed by atoms with E-state index in [1.807, 2.05) is 0 Å². The van der Waals surface area contributed by atoms with Crippen molar-refractivity contribution >= 4 is 16.0 Å². The third kappa shape index (κ3) is 4.76. The molecular weight excluding hydrogens is 301 g/mol. The average Bonchev–Trinajstić information content (AvgIpc) is 2.37. The lowest BCUT2D eigenvalue weighted by atomic mass is 10.1. The van der Waals surface area contributed by atoms with Crippen molar-refractivity contribution in [3.63, 3.8) is 0 Å². The molecule has 6 nitrogen and oxygen atoms in total. The van der Waals surface area contributed by atoms with Crippen molar-refractivity contribution in [2.24, 2.45) is 0 Å². The first-order valence-corrected chi connectivity index (χ1v) is 7.84. The van der Waals surface area contributed by atoms with Gasteiger partial charge in [0.1, 0.15) is 5.82 Å². The number of benzene rings is 1. The highest BCUT2D eigenvalue weighted by Gasteiger charge is 2.20. The second-order valence-electron chi connectivity index (χ2n) is 4.80. The van der Waals surface area contributed by atoms with E-state index < -0.39 is 33.5 Å². The minimum Gasteiger partial charge on any atom is -0.478 e. The topological polar surface area (TPSA) is 104 Å². The summed E-state index contributed by atoms with van der Waals surface area (Å²) >= 11 is 0. The quantitative estimate of drug-likeness (QED) is 0.657. The van der Waals surface area contributed by atoms with Crippen molar-refractivity contribution in [1.29, 1.82) is 0 Å². The van der Waals surface area contributed by atoms with Crippen LogP contribution in [-0.4, -0.2) is 37.2 Å². The predicted molar refractivity (Wildman–Crippen MR) is 74.2 cm³/mol. The molecule has 0 fully saturated rings. The van der Waals surface area contributed by atoms with Crippen LogP contribution in [0.1, 0.15) is 35.7 Å². The molecule has 1 aromatic rings. The van der Waals surface area contributed by atoms with Gasteiger partial charge in [-0.3, -0.25) is 0 Å². The smallest absolute Gasteiger partial charge is 0.338 e. The Hall–Kier alpha value is -1.51. The number of aliphatic hydroxyl groups is 1. The van der Waals surface area contributed by atoms with E-state index in [2.05, 4.69) is 4.72 Å². The summed E-state index contributed by atoms with van der Waals surface area (Å²) < 4.78 is 39.9. The summed E-state index contributed by atoms with van der Waals surface area (Å²) in [6, 6.07) is 1.88. The predicted octanol–water partition coefficient (Wildman–Crippen LogP) is 1.27. The van der Waals surface area contributed by atoms with Crippen molar-refractivity contribution in [3.8, 4) is 0 Å². The number of nitrogens with one attached hydrogen (secondary N) is 1. The van der Waals surface area contributed by atoms with Crippen molar-refractivity contribution in [1.82, 2.24) is 4.72 Å². The molecule has 3 N–H and O–H groups in total. The summed E-state index contributed by atoms with van der Waals surface area (Å²) in [5, 5.41) is 18.0. The van der Waals surface area contributed by atoms with Crippen LogP contribution in [-0.2, 0) is 10.0 Å². The Morgan fingerprint density at radius 1 is 1.43 bits per heavy atom. The number of aryl methyl sites for hydroxylation is 1. The molecule has 0 spiro atoms. The largest absolute Gasteiger partial charge is 0.478 e. The van der Waals surface area contributed by atoms with Gasteiger partial charge in [0.05, 0.1) is 16.6 Å². The maximum Gasteiger partial charge on any atom is 0.338 e. The third-order valence-corrected chi connectivity index (χ3v) is 4.30. The highest BCUT2D eigenvalue weighted by Crippen LogP contribution is 2.19. The number of hydrogen-bond acceptors (Lipinski definition) is 4. The van der Waals surface area contributed by atoms with Crippen LogP contribution in [0, 0.1) is 12.7 Å². The van der Waals surface area contributed by atoms with E-state index in [4.69, 9.17) is 10.2 Å². The lowest BCUT2D eigenvalue weighted by Gasteiger charge is -2.10. The monoisotopic (exact) mass is 319 g/mol. The van der Waals surface area contributed by atoms with Gasteiger partial charge in [0.15, 0.2) is 0 Å². The molecule has 0 aliphatic heterocycles. The first kappa shape index (κ1) is 17.5. The summed E-state index contributed by atoms with van der Waals surface area (Å²) in [5.41, 5.74) is -0.737. The van der Waals surface area contributed by atoms with Gasteiger partial charge < -0.3 is 10.2 Å². The Bertz CT molecular complexity index is 628. The fourth-order valence-electron chi connectivity index (χ4n) is 1.73. The molecule has 0 saturated carbocycles. The Morgan fingerprint density at radius 3 is 2.57 bits per heavy atom. The van der Waals surface area contributed by atoms with E-state index in [9.17, 15) is 17.6 Å². The van der Waals surface area contributed by atoms with Crippen LogP contribution in [0.5, 0.6) is 0 Å². The molecule has 1 atom stereocenters. The number of carbonyl (C=O) groups is 1. The number of rotatable bonds is 7. The number of hydrogen-bond donors (Lipinski definition) is 3. The number of aromatic carboxylic acids is 1. The number of sulfonamides is 1. The zero-order valence-electron chi connectivity index (χ0n) is 11.8. The molecule has 0 heterocycles. The molecule has 8 heteroatoms. The number of carboxylic acids is 1. The van der Waals surface area contributed by atoms with Gasteiger partial charge >= 0.3 is 5.97 Å². The van der Waals surface area contributed by atoms with Gasteiger partial charge in [-0.15, -0.1) is 0 Å². The fraction of sp³-hybridized carbons (Fsp3) is 0.462. The van der Waals surface area contributed by atoms with Gasteiger partial charge in [0.2, 0.25) is 10.0 Å². The van der Waals surface area contributed by atoms with Crippen LogP contribution in [0.4, 0.5) is 4.39 Å². The fourth-order valence-corrected chi connectivity index (χ4v) is 2.92. The number of aliphatic hydroxyl groups excluding tert-OH is 1. The van der Waals surface area contributed by atoms with Gasteiger partial charge in [0.25, 0.3) is 0 Å². The molecule has 1 aromatic carbocycles. The summed E-state index contributed by atoms with van der Waals surface area (Å²) in [7, 11) is -3.92. The van der Waals surface area contributed by atoms with Gasteiger partial charge in [-0.05, 0) is 44.4 Å². The zero-order valence-corrected chi connectivity index (χ0v) is 12.6. The number of carboxylic acid groups (broad SMARTS) is 1. The van der Waals surface area contributed by atoms with E-state index >= 15 is 0 Å². The van der Waals surface area contributed by atoms with Crippen molar-refractivity contribution in [3.05, 3.63) is 29.1 Å². The molecule has 1 unspecified atom stereocenters. The molecule has 0 bridgehead atoms. The minimum atomic E-state index is -3.92. The molecular formula is C13H18FNO5S.